The summed E-state index contributed by atoms with van der Waals surface area (Å²) in [5.41, 5.74) is -0.0286. The number of rotatable bonds is 7. The van der Waals surface area contributed by atoms with E-state index in [1.165, 1.54) is 41.0 Å². The van der Waals surface area contributed by atoms with E-state index in [0.29, 0.717) is 5.82 Å². The normalized spacial score (nSPS) is 11.7. The highest BCUT2D eigenvalue weighted by Gasteiger charge is 2.27. The number of nitrogens with zero attached hydrogens (tertiary/aromatic N) is 3. The number of halogens is 1. The first kappa shape index (κ1) is 20.5. The van der Waals surface area contributed by atoms with Gasteiger partial charge in [-0.3, -0.25) is 0 Å². The zero-order valence-corrected chi connectivity index (χ0v) is 17.3. The summed E-state index contributed by atoms with van der Waals surface area (Å²) in [5.74, 6) is -0.156. The van der Waals surface area contributed by atoms with E-state index >= 15 is 0 Å². The van der Waals surface area contributed by atoms with Gasteiger partial charge in [-0.25, -0.2) is 13.2 Å². The highest BCUT2D eigenvalue weighted by molar-refractivity contribution is 7.89. The lowest BCUT2D eigenvalue weighted by Crippen LogP contribution is -2.30. The van der Waals surface area contributed by atoms with Crippen LogP contribution in [0.25, 0.3) is 10.7 Å². The Labute approximate surface area is 170 Å². The Morgan fingerprint density at radius 1 is 1.36 bits per heavy atom. The van der Waals surface area contributed by atoms with E-state index < -0.39 is 16.0 Å². The molecule has 148 valence electrons. The molecule has 0 radical (unpaired) electrons. The Hall–Kier alpha value is -2.27. The van der Waals surface area contributed by atoms with Crippen LogP contribution in [0.1, 0.15) is 23.2 Å². The van der Waals surface area contributed by atoms with Crippen LogP contribution in [0, 0.1) is 0 Å². The van der Waals surface area contributed by atoms with Crippen LogP contribution in [-0.2, 0) is 21.3 Å². The topological polar surface area (TPSA) is 103 Å². The van der Waals surface area contributed by atoms with Gasteiger partial charge in [-0.15, -0.1) is 11.3 Å². The van der Waals surface area contributed by atoms with Gasteiger partial charge in [-0.05, 0) is 29.6 Å². The first-order valence-electron chi connectivity index (χ1n) is 8.11. The van der Waals surface area contributed by atoms with Gasteiger partial charge in [-0.1, -0.05) is 29.7 Å². The monoisotopic (exact) mass is 441 g/mol. The molecule has 3 aromatic rings. The maximum atomic E-state index is 13.0. The smallest absolute Gasteiger partial charge is 0.339 e. The summed E-state index contributed by atoms with van der Waals surface area (Å²) in [4.78, 5) is 16.8. The maximum absolute atomic E-state index is 13.0. The number of aromatic nitrogens is 2. The van der Waals surface area contributed by atoms with Gasteiger partial charge in [0.05, 0.1) is 34.0 Å². The van der Waals surface area contributed by atoms with Crippen LogP contribution in [0.5, 0.6) is 0 Å². The largest absolute Gasteiger partial charge is 0.465 e. The molecule has 0 bridgehead atoms. The summed E-state index contributed by atoms with van der Waals surface area (Å²) >= 11 is 7.42. The van der Waals surface area contributed by atoms with Crippen LogP contribution in [0.4, 0.5) is 0 Å². The van der Waals surface area contributed by atoms with Crippen LogP contribution < -0.4 is 0 Å². The quantitative estimate of drug-likeness (QED) is 0.517. The Morgan fingerprint density at radius 3 is 2.79 bits per heavy atom. The van der Waals surface area contributed by atoms with E-state index in [-0.39, 0.29) is 34.5 Å². The van der Waals surface area contributed by atoms with Crippen LogP contribution >= 0.6 is 22.9 Å². The molecule has 0 N–H and O–H groups in total. The molecule has 0 amide bonds. The molecule has 8 nitrogen and oxygen atoms in total. The average Bonchev–Trinajstić information content (AvgIpc) is 3.37. The van der Waals surface area contributed by atoms with Crippen LogP contribution in [-0.4, -0.2) is 42.5 Å². The lowest BCUT2D eigenvalue weighted by Gasteiger charge is -2.19. The van der Waals surface area contributed by atoms with Gasteiger partial charge in [0.2, 0.25) is 21.7 Å². The Morgan fingerprint density at radius 2 is 2.14 bits per heavy atom. The number of carbonyl (C=O) groups is 1. The number of methoxy groups -OCH3 is 1. The van der Waals surface area contributed by atoms with E-state index in [2.05, 4.69) is 14.9 Å². The highest BCUT2D eigenvalue weighted by atomic mass is 35.5. The van der Waals surface area contributed by atoms with E-state index in [4.69, 9.17) is 16.1 Å². The molecule has 0 saturated heterocycles. The zero-order chi connectivity index (χ0) is 20.3. The van der Waals surface area contributed by atoms with Gasteiger partial charge in [0.15, 0.2) is 0 Å². The van der Waals surface area contributed by atoms with Crippen molar-refractivity contribution in [1.82, 2.24) is 14.4 Å². The lowest BCUT2D eigenvalue weighted by atomic mass is 10.2. The second kappa shape index (κ2) is 8.39. The van der Waals surface area contributed by atoms with Gasteiger partial charge >= 0.3 is 5.97 Å². The molecule has 0 aliphatic rings. The molecular formula is C17H16ClN3O5S2. The van der Waals surface area contributed by atoms with E-state index in [9.17, 15) is 13.2 Å². The summed E-state index contributed by atoms with van der Waals surface area (Å²) in [7, 11) is -2.74. The predicted molar refractivity (Wildman–Crippen MR) is 104 cm³/mol. The average molecular weight is 442 g/mol. The number of carbonyl (C=O) groups excluding carboxylic acids is 1. The molecule has 0 saturated carbocycles. The number of ether oxygens (including phenoxy) is 1. The van der Waals surface area contributed by atoms with Crippen LogP contribution in [0.2, 0.25) is 5.02 Å². The molecule has 2 heterocycles. The molecule has 2 aromatic heterocycles. The molecular weight excluding hydrogens is 426 g/mol. The molecule has 1 aromatic carbocycles. The molecule has 0 aliphatic heterocycles. The second-order valence-electron chi connectivity index (χ2n) is 5.55. The fraction of sp³-hybridized carbons (Fsp3) is 0.235. The van der Waals surface area contributed by atoms with Gasteiger partial charge in [0.1, 0.15) is 0 Å². The summed E-state index contributed by atoms with van der Waals surface area (Å²) < 4.78 is 37.0. The third-order valence-electron chi connectivity index (χ3n) is 3.85. The van der Waals surface area contributed by atoms with Crippen molar-refractivity contribution < 1.29 is 22.5 Å². The first-order valence-corrected chi connectivity index (χ1v) is 10.8. The minimum absolute atomic E-state index is 0.0286. The van der Waals surface area contributed by atoms with Crippen molar-refractivity contribution in [2.24, 2.45) is 0 Å². The van der Waals surface area contributed by atoms with Crippen LogP contribution in [0.3, 0.4) is 0 Å². The van der Waals surface area contributed by atoms with Crippen molar-refractivity contribution in [3.63, 3.8) is 0 Å². The van der Waals surface area contributed by atoms with E-state index in [1.54, 1.807) is 6.92 Å². The second-order valence-corrected chi connectivity index (χ2v) is 8.85. The van der Waals surface area contributed by atoms with E-state index in [1.807, 2.05) is 17.5 Å². The molecule has 0 unspecified atom stereocenters. The molecule has 3 rings (SSSR count). The molecule has 0 aliphatic carbocycles. The minimum Gasteiger partial charge on any atom is -0.465 e. The van der Waals surface area contributed by atoms with Crippen molar-refractivity contribution in [1.29, 1.82) is 0 Å². The molecule has 0 atom stereocenters. The summed E-state index contributed by atoms with van der Waals surface area (Å²) in [6.45, 7) is 1.74. The third kappa shape index (κ3) is 4.09. The van der Waals surface area contributed by atoms with Crippen molar-refractivity contribution >= 4 is 38.9 Å². The van der Waals surface area contributed by atoms with Gasteiger partial charge < -0.3 is 9.26 Å². The van der Waals surface area contributed by atoms with Crippen molar-refractivity contribution in [2.45, 2.75) is 18.4 Å². The fourth-order valence-corrected chi connectivity index (χ4v) is 4.69. The lowest BCUT2D eigenvalue weighted by molar-refractivity contribution is 0.0600. The Kier molecular flexibility index (Phi) is 6.14. The molecule has 0 spiro atoms. The molecule has 28 heavy (non-hydrogen) atoms. The number of esters is 1. The number of benzene rings is 1. The van der Waals surface area contributed by atoms with Gasteiger partial charge in [-0.2, -0.15) is 9.29 Å². The Balaban J connectivity index is 1.88. The number of thiophene rings is 1. The summed E-state index contributed by atoms with van der Waals surface area (Å²) in [6, 6.07) is 7.57. The zero-order valence-electron chi connectivity index (χ0n) is 15.0. The van der Waals surface area contributed by atoms with Crippen molar-refractivity contribution in [3.05, 3.63) is 52.2 Å². The van der Waals surface area contributed by atoms with Gasteiger partial charge in [0.25, 0.3) is 0 Å². The van der Waals surface area contributed by atoms with Crippen LogP contribution in [0.15, 0.2) is 45.1 Å². The number of hydrogen-bond donors (Lipinski definition) is 0. The number of hydrogen-bond acceptors (Lipinski definition) is 8. The number of sulfonamides is 1. The van der Waals surface area contributed by atoms with E-state index in [0.717, 1.165) is 4.88 Å². The Bertz CT molecular complexity index is 1080. The first-order chi connectivity index (χ1) is 13.4. The molecule has 11 heteroatoms. The third-order valence-corrected chi connectivity index (χ3v) is 6.97. The maximum Gasteiger partial charge on any atom is 0.339 e. The van der Waals surface area contributed by atoms with Gasteiger partial charge in [0, 0.05) is 6.54 Å². The van der Waals surface area contributed by atoms with Crippen molar-refractivity contribution in [3.8, 4) is 10.7 Å². The summed E-state index contributed by atoms with van der Waals surface area (Å²) in [5, 5.41) is 5.87. The SMILES string of the molecule is CCN(Cc1nc(-c2cccs2)no1)S(=O)(=O)c1ccc(Cl)c(C(=O)OC)c1. The molecule has 0 fully saturated rings. The highest BCUT2D eigenvalue weighted by Crippen LogP contribution is 2.25. The summed E-state index contributed by atoms with van der Waals surface area (Å²) in [6.07, 6.45) is 0. The predicted octanol–water partition coefficient (Wildman–Crippen LogP) is 3.45. The minimum atomic E-state index is -3.93. The van der Waals surface area contributed by atoms with Crippen molar-refractivity contribution in [2.75, 3.05) is 13.7 Å². The fourth-order valence-electron chi connectivity index (χ4n) is 2.42. The standard InChI is InChI=1S/C17H16ClN3O5S2/c1-3-21(10-15-19-16(20-26-15)14-5-4-8-27-14)28(23,24)11-6-7-13(18)12(9-11)17(22)25-2/h4-9H,3,10H2,1-2H3.